The second-order valence-corrected chi connectivity index (χ2v) is 10.6. The van der Waals surface area contributed by atoms with Crippen molar-refractivity contribution >= 4 is 21.5 Å². The zero-order chi connectivity index (χ0) is 18.6. The van der Waals surface area contributed by atoms with Crippen molar-refractivity contribution in [3.63, 3.8) is 0 Å². The summed E-state index contributed by atoms with van der Waals surface area (Å²) >= 11 is 0. The zero-order valence-corrected chi connectivity index (χ0v) is 16.5. The van der Waals surface area contributed by atoms with Gasteiger partial charge in [-0.05, 0) is 36.3 Å². The Balaban J connectivity index is 1.48. The SMILES string of the molecule is CC1(C)[C@H]2CC[C@@]1(CS(=O)(=O)N1CCN(c3ccccc3)CC1)C(=O)C2. The van der Waals surface area contributed by atoms with Gasteiger partial charge in [0.15, 0.2) is 0 Å². The number of nitrogens with zero attached hydrogens (tertiary/aromatic N) is 2. The number of ketones is 1. The lowest BCUT2D eigenvalue weighted by atomic mass is 9.70. The molecule has 1 saturated heterocycles. The highest BCUT2D eigenvalue weighted by molar-refractivity contribution is 7.89. The first-order valence-corrected chi connectivity index (χ1v) is 11.2. The van der Waals surface area contributed by atoms with E-state index in [1.165, 1.54) is 0 Å². The predicted octanol–water partition coefficient (Wildman–Crippen LogP) is 2.53. The standard InChI is InChI=1S/C20H28N2O3S/c1-19(2)16-8-9-20(19,18(23)14-16)15-26(24,25)22-12-10-21(11-13-22)17-6-4-3-5-7-17/h3-7,16H,8-15H2,1-2H3/t16-,20+/m0/s1. The molecule has 0 N–H and O–H groups in total. The second kappa shape index (κ2) is 6.06. The molecule has 1 heterocycles. The quantitative estimate of drug-likeness (QED) is 0.810. The molecule has 5 nitrogen and oxygen atoms in total. The maximum atomic E-state index is 13.2. The Bertz CT molecular complexity index is 798. The summed E-state index contributed by atoms with van der Waals surface area (Å²) in [5, 5.41) is 0. The molecule has 0 radical (unpaired) electrons. The number of anilines is 1. The molecule has 4 rings (SSSR count). The number of piperazine rings is 1. The predicted molar refractivity (Wildman–Crippen MR) is 103 cm³/mol. The van der Waals surface area contributed by atoms with Gasteiger partial charge in [-0.25, -0.2) is 8.42 Å². The number of para-hydroxylation sites is 1. The van der Waals surface area contributed by atoms with Crippen LogP contribution >= 0.6 is 0 Å². The molecule has 3 fully saturated rings. The van der Waals surface area contributed by atoms with Crippen molar-refractivity contribution in [3.05, 3.63) is 30.3 Å². The van der Waals surface area contributed by atoms with Gasteiger partial charge in [-0.3, -0.25) is 4.79 Å². The number of rotatable bonds is 4. The molecule has 0 unspecified atom stereocenters. The van der Waals surface area contributed by atoms with Gasteiger partial charge in [0.1, 0.15) is 5.78 Å². The summed E-state index contributed by atoms with van der Waals surface area (Å²) in [5.74, 6) is 0.513. The number of carbonyl (C=O) groups is 1. The van der Waals surface area contributed by atoms with E-state index in [2.05, 4.69) is 30.9 Å². The first-order chi connectivity index (χ1) is 12.3. The second-order valence-electron chi connectivity index (χ2n) is 8.64. The van der Waals surface area contributed by atoms with Gasteiger partial charge in [-0.1, -0.05) is 32.0 Å². The van der Waals surface area contributed by atoms with E-state index < -0.39 is 15.4 Å². The summed E-state index contributed by atoms with van der Waals surface area (Å²) in [6, 6.07) is 10.1. The van der Waals surface area contributed by atoms with Gasteiger partial charge in [-0.15, -0.1) is 0 Å². The maximum absolute atomic E-state index is 13.2. The van der Waals surface area contributed by atoms with E-state index in [4.69, 9.17) is 0 Å². The van der Waals surface area contributed by atoms with Crippen LogP contribution in [0.4, 0.5) is 5.69 Å². The fourth-order valence-corrected chi connectivity index (χ4v) is 7.58. The molecule has 2 atom stereocenters. The van der Waals surface area contributed by atoms with Crippen molar-refractivity contribution in [1.82, 2.24) is 4.31 Å². The van der Waals surface area contributed by atoms with Crippen LogP contribution in [0.1, 0.15) is 33.1 Å². The highest BCUT2D eigenvalue weighted by atomic mass is 32.2. The minimum absolute atomic E-state index is 0.00628. The molecule has 3 aliphatic rings. The van der Waals surface area contributed by atoms with Crippen LogP contribution in [0, 0.1) is 16.7 Å². The molecule has 2 bridgehead atoms. The molecule has 142 valence electrons. The Morgan fingerprint density at radius 1 is 1.08 bits per heavy atom. The van der Waals surface area contributed by atoms with Crippen LogP contribution in [0.25, 0.3) is 0 Å². The van der Waals surface area contributed by atoms with Crippen molar-refractivity contribution in [2.75, 3.05) is 36.8 Å². The molecule has 0 aromatic heterocycles. The van der Waals surface area contributed by atoms with Gasteiger partial charge in [0.05, 0.1) is 5.75 Å². The molecular formula is C20H28N2O3S. The van der Waals surface area contributed by atoms with Crippen LogP contribution in [-0.2, 0) is 14.8 Å². The first-order valence-electron chi connectivity index (χ1n) is 9.57. The smallest absolute Gasteiger partial charge is 0.215 e. The van der Waals surface area contributed by atoms with Crippen molar-refractivity contribution in [2.45, 2.75) is 33.1 Å². The highest BCUT2D eigenvalue weighted by Crippen LogP contribution is 2.64. The van der Waals surface area contributed by atoms with Crippen LogP contribution < -0.4 is 4.90 Å². The van der Waals surface area contributed by atoms with E-state index >= 15 is 0 Å². The van der Waals surface area contributed by atoms with Crippen molar-refractivity contribution < 1.29 is 13.2 Å². The van der Waals surface area contributed by atoms with E-state index in [0.29, 0.717) is 38.5 Å². The minimum Gasteiger partial charge on any atom is -0.369 e. The van der Waals surface area contributed by atoms with E-state index in [0.717, 1.165) is 18.5 Å². The third-order valence-electron chi connectivity index (χ3n) is 7.32. The van der Waals surface area contributed by atoms with E-state index in [1.807, 2.05) is 18.2 Å². The van der Waals surface area contributed by atoms with E-state index in [-0.39, 0.29) is 17.0 Å². The summed E-state index contributed by atoms with van der Waals surface area (Å²) in [6.07, 6.45) is 2.27. The largest absolute Gasteiger partial charge is 0.369 e. The Hall–Kier alpha value is -1.40. The van der Waals surface area contributed by atoms with Crippen molar-refractivity contribution in [3.8, 4) is 0 Å². The minimum atomic E-state index is -3.43. The average molecular weight is 377 g/mol. The molecule has 1 aliphatic heterocycles. The number of carbonyl (C=O) groups excluding carboxylic acids is 1. The summed E-state index contributed by atoms with van der Waals surface area (Å²) in [4.78, 5) is 14.9. The topological polar surface area (TPSA) is 57.7 Å². The molecule has 0 amide bonds. The van der Waals surface area contributed by atoms with Crippen LogP contribution in [0.3, 0.4) is 0 Å². The summed E-state index contributed by atoms with van der Waals surface area (Å²) in [7, 11) is -3.43. The van der Waals surface area contributed by atoms with Crippen LogP contribution in [0.2, 0.25) is 0 Å². The van der Waals surface area contributed by atoms with Crippen molar-refractivity contribution in [1.29, 1.82) is 0 Å². The lowest BCUT2D eigenvalue weighted by molar-refractivity contribution is -0.128. The normalized spacial score (nSPS) is 31.5. The van der Waals surface area contributed by atoms with Crippen molar-refractivity contribution in [2.24, 2.45) is 16.7 Å². The number of benzene rings is 1. The number of sulfonamides is 1. The molecule has 2 saturated carbocycles. The Morgan fingerprint density at radius 3 is 2.27 bits per heavy atom. The Morgan fingerprint density at radius 2 is 1.73 bits per heavy atom. The zero-order valence-electron chi connectivity index (χ0n) is 15.6. The van der Waals surface area contributed by atoms with Gasteiger partial charge in [0.2, 0.25) is 10.0 Å². The molecule has 6 heteroatoms. The number of hydrogen-bond acceptors (Lipinski definition) is 4. The molecule has 0 spiro atoms. The Kier molecular flexibility index (Phi) is 4.19. The lowest BCUT2D eigenvalue weighted by Crippen LogP contribution is -2.52. The highest BCUT2D eigenvalue weighted by Gasteiger charge is 2.65. The summed E-state index contributed by atoms with van der Waals surface area (Å²) in [6.45, 7) is 6.56. The third-order valence-corrected chi connectivity index (χ3v) is 9.33. The van der Waals surface area contributed by atoms with Gasteiger partial charge in [-0.2, -0.15) is 4.31 Å². The van der Waals surface area contributed by atoms with Crippen LogP contribution in [0.5, 0.6) is 0 Å². The summed E-state index contributed by atoms with van der Waals surface area (Å²) in [5.41, 5.74) is 0.254. The monoisotopic (exact) mass is 376 g/mol. The first kappa shape index (κ1) is 18.0. The fraction of sp³-hybridized carbons (Fsp3) is 0.650. The number of fused-ring (bicyclic) bond motifs is 2. The van der Waals surface area contributed by atoms with Crippen LogP contribution in [0.15, 0.2) is 30.3 Å². The van der Waals surface area contributed by atoms with E-state index in [1.54, 1.807) is 4.31 Å². The Labute approximate surface area is 156 Å². The molecule has 26 heavy (non-hydrogen) atoms. The molecule has 1 aromatic rings. The van der Waals surface area contributed by atoms with Gasteiger partial charge < -0.3 is 4.90 Å². The number of Topliss-reactive ketones (excluding diaryl/α,β-unsaturated/α-hetero) is 1. The lowest BCUT2D eigenvalue weighted by Gasteiger charge is -2.40. The van der Waals surface area contributed by atoms with Gasteiger partial charge in [0.25, 0.3) is 0 Å². The molecule has 1 aromatic carbocycles. The molecular weight excluding hydrogens is 348 g/mol. The van der Waals surface area contributed by atoms with Gasteiger partial charge in [0, 0.05) is 43.7 Å². The average Bonchev–Trinajstić information content (AvgIpc) is 2.96. The summed E-state index contributed by atoms with van der Waals surface area (Å²) < 4.78 is 27.9. The number of hydrogen-bond donors (Lipinski definition) is 0. The fourth-order valence-electron chi connectivity index (χ4n) is 5.37. The van der Waals surface area contributed by atoms with Crippen LogP contribution in [-0.4, -0.2) is 50.4 Å². The maximum Gasteiger partial charge on any atom is 0.215 e. The molecule has 2 aliphatic carbocycles. The third kappa shape index (κ3) is 2.61. The van der Waals surface area contributed by atoms with Gasteiger partial charge >= 0.3 is 0 Å². The van der Waals surface area contributed by atoms with E-state index in [9.17, 15) is 13.2 Å².